The van der Waals surface area contributed by atoms with Gasteiger partial charge in [0.05, 0.1) is 18.8 Å². The van der Waals surface area contributed by atoms with Gasteiger partial charge in [-0.25, -0.2) is 0 Å². The Morgan fingerprint density at radius 2 is 1.88 bits per heavy atom. The normalized spacial score (nSPS) is 13.8. The number of hydrogen-bond acceptors (Lipinski definition) is 3. The Kier molecular flexibility index (Phi) is 8.53. The van der Waals surface area contributed by atoms with Crippen LogP contribution in [0, 0.1) is 5.92 Å². The molecule has 0 amide bonds. The van der Waals surface area contributed by atoms with Crippen molar-refractivity contribution >= 4 is 0 Å². The fourth-order valence-electron chi connectivity index (χ4n) is 1.03. The highest BCUT2D eigenvalue weighted by Gasteiger charge is 2.16. The molecule has 0 saturated heterocycles. The van der Waals surface area contributed by atoms with Gasteiger partial charge in [-0.3, -0.25) is 0 Å². The van der Waals surface area contributed by atoms with E-state index in [1.807, 2.05) is 26.8 Å². The third-order valence-electron chi connectivity index (χ3n) is 2.48. The zero-order chi connectivity index (χ0) is 12.4. The van der Waals surface area contributed by atoms with Gasteiger partial charge in [0.2, 0.25) is 0 Å². The van der Waals surface area contributed by atoms with Crippen LogP contribution in [0.3, 0.4) is 0 Å². The monoisotopic (exact) mass is 230 g/mol. The summed E-state index contributed by atoms with van der Waals surface area (Å²) in [7, 11) is 0. The van der Waals surface area contributed by atoms with Gasteiger partial charge in [0.1, 0.15) is 6.79 Å². The molecular formula is C13H26O3. The maximum Gasteiger partial charge on any atom is 0.146 e. The van der Waals surface area contributed by atoms with Crippen LogP contribution in [-0.4, -0.2) is 32.2 Å². The lowest BCUT2D eigenvalue weighted by molar-refractivity contribution is -0.0788. The van der Waals surface area contributed by atoms with Gasteiger partial charge in [0.15, 0.2) is 0 Å². The molecule has 96 valence electrons. The Hall–Kier alpha value is -0.380. The van der Waals surface area contributed by atoms with Crippen molar-refractivity contribution in [2.75, 3.05) is 26.6 Å². The van der Waals surface area contributed by atoms with Crippen molar-refractivity contribution in [3.05, 3.63) is 12.7 Å². The molecule has 0 aliphatic rings. The minimum atomic E-state index is -0.257. The van der Waals surface area contributed by atoms with Crippen molar-refractivity contribution in [3.8, 4) is 0 Å². The second-order valence-corrected chi connectivity index (χ2v) is 4.37. The molecule has 3 heteroatoms. The highest BCUT2D eigenvalue weighted by Crippen LogP contribution is 2.14. The average Bonchev–Trinajstić information content (AvgIpc) is 2.28. The Labute approximate surface area is 99.8 Å². The molecule has 0 aromatic rings. The summed E-state index contributed by atoms with van der Waals surface area (Å²) >= 11 is 0. The van der Waals surface area contributed by atoms with Gasteiger partial charge >= 0.3 is 0 Å². The van der Waals surface area contributed by atoms with Crippen molar-refractivity contribution in [1.29, 1.82) is 0 Å². The molecule has 0 spiro atoms. The summed E-state index contributed by atoms with van der Waals surface area (Å²) in [6.45, 7) is 14.3. The highest BCUT2D eigenvalue weighted by molar-refractivity contribution is 4.89. The first-order chi connectivity index (χ1) is 7.55. The molecule has 0 N–H and O–H groups in total. The van der Waals surface area contributed by atoms with Crippen LogP contribution in [0.25, 0.3) is 0 Å². The van der Waals surface area contributed by atoms with E-state index >= 15 is 0 Å². The molecule has 0 saturated carbocycles. The van der Waals surface area contributed by atoms with E-state index in [1.165, 1.54) is 0 Å². The summed E-state index contributed by atoms with van der Waals surface area (Å²) in [5.74, 6) is 0.416. The van der Waals surface area contributed by atoms with E-state index in [-0.39, 0.29) is 5.60 Å². The van der Waals surface area contributed by atoms with Crippen LogP contribution in [0.1, 0.15) is 34.1 Å². The third kappa shape index (κ3) is 7.85. The van der Waals surface area contributed by atoms with Gasteiger partial charge in [-0.05, 0) is 27.2 Å². The summed E-state index contributed by atoms with van der Waals surface area (Å²) < 4.78 is 16.3. The third-order valence-corrected chi connectivity index (χ3v) is 2.48. The summed E-state index contributed by atoms with van der Waals surface area (Å²) in [6.07, 6.45) is 2.86. The van der Waals surface area contributed by atoms with Gasteiger partial charge < -0.3 is 14.2 Å². The predicted octanol–water partition coefficient (Wildman–Crippen LogP) is 3.00. The highest BCUT2D eigenvalue weighted by atomic mass is 16.7. The van der Waals surface area contributed by atoms with Crippen molar-refractivity contribution in [3.63, 3.8) is 0 Å². The molecule has 0 heterocycles. The zero-order valence-corrected chi connectivity index (χ0v) is 11.1. The minimum absolute atomic E-state index is 0.257. The smallest absolute Gasteiger partial charge is 0.146 e. The Morgan fingerprint density at radius 3 is 2.38 bits per heavy atom. The van der Waals surface area contributed by atoms with Gasteiger partial charge in [-0.15, -0.1) is 6.58 Å². The molecule has 0 aromatic heterocycles. The fourth-order valence-corrected chi connectivity index (χ4v) is 1.03. The molecule has 0 radical (unpaired) electrons. The van der Waals surface area contributed by atoms with E-state index in [2.05, 4.69) is 13.5 Å². The largest absolute Gasteiger partial charge is 0.371 e. The van der Waals surface area contributed by atoms with Gasteiger partial charge in [-0.1, -0.05) is 13.0 Å². The molecule has 0 fully saturated rings. The topological polar surface area (TPSA) is 27.7 Å². The van der Waals surface area contributed by atoms with E-state index in [1.54, 1.807) is 0 Å². The van der Waals surface area contributed by atoms with Crippen LogP contribution in [0.15, 0.2) is 12.7 Å². The molecular weight excluding hydrogens is 204 g/mol. The lowest BCUT2D eigenvalue weighted by Gasteiger charge is -2.24. The first-order valence-electron chi connectivity index (χ1n) is 5.98. The fraction of sp³-hybridized carbons (Fsp3) is 0.846. The van der Waals surface area contributed by atoms with Crippen molar-refractivity contribution in [2.24, 2.45) is 5.92 Å². The number of ether oxygens (including phenoxy) is 3. The Balaban J connectivity index is 3.70. The molecule has 16 heavy (non-hydrogen) atoms. The summed E-state index contributed by atoms with van der Waals surface area (Å²) in [6, 6.07) is 0. The predicted molar refractivity (Wildman–Crippen MR) is 66.5 cm³/mol. The second-order valence-electron chi connectivity index (χ2n) is 4.37. The van der Waals surface area contributed by atoms with Crippen molar-refractivity contribution < 1.29 is 14.2 Å². The van der Waals surface area contributed by atoms with E-state index in [0.29, 0.717) is 32.5 Å². The first-order valence-corrected chi connectivity index (χ1v) is 5.98. The zero-order valence-electron chi connectivity index (χ0n) is 11.1. The molecule has 0 aliphatic carbocycles. The summed E-state index contributed by atoms with van der Waals surface area (Å²) in [4.78, 5) is 0. The van der Waals surface area contributed by atoms with Crippen LogP contribution < -0.4 is 0 Å². The molecule has 0 aromatic carbocycles. The lowest BCUT2D eigenvalue weighted by atomic mass is 10.1. The van der Waals surface area contributed by atoms with Crippen LogP contribution >= 0.6 is 0 Å². The van der Waals surface area contributed by atoms with Crippen LogP contribution in [0.5, 0.6) is 0 Å². The Morgan fingerprint density at radius 1 is 1.19 bits per heavy atom. The van der Waals surface area contributed by atoms with Crippen LogP contribution in [0.4, 0.5) is 0 Å². The molecule has 0 bridgehead atoms. The standard InChI is InChI=1S/C13H26O3/c1-6-12(9-15-11-14-8-3)10-16-13(4,5)7-2/h7,12H,2,6,8-11H2,1,3-5H3. The van der Waals surface area contributed by atoms with E-state index in [9.17, 15) is 0 Å². The number of rotatable bonds is 10. The maximum absolute atomic E-state index is 5.75. The SMILES string of the molecule is C=CC(C)(C)OCC(CC)COCOCC. The van der Waals surface area contributed by atoms with Crippen LogP contribution in [-0.2, 0) is 14.2 Å². The number of hydrogen-bond donors (Lipinski definition) is 0. The Bertz CT molecular complexity index is 178. The maximum atomic E-state index is 5.75. The molecule has 0 aliphatic heterocycles. The molecule has 3 nitrogen and oxygen atoms in total. The van der Waals surface area contributed by atoms with Crippen molar-refractivity contribution in [1.82, 2.24) is 0 Å². The van der Waals surface area contributed by atoms with Gasteiger partial charge in [0.25, 0.3) is 0 Å². The summed E-state index contributed by atoms with van der Waals surface area (Å²) in [5, 5.41) is 0. The molecule has 1 atom stereocenters. The van der Waals surface area contributed by atoms with E-state index < -0.39 is 0 Å². The molecule has 0 rings (SSSR count). The van der Waals surface area contributed by atoms with E-state index in [4.69, 9.17) is 14.2 Å². The second kappa shape index (κ2) is 8.74. The van der Waals surface area contributed by atoms with Crippen molar-refractivity contribution in [2.45, 2.75) is 39.7 Å². The lowest BCUT2D eigenvalue weighted by Crippen LogP contribution is -2.26. The molecule has 1 unspecified atom stereocenters. The average molecular weight is 230 g/mol. The van der Waals surface area contributed by atoms with Gasteiger partial charge in [-0.2, -0.15) is 0 Å². The van der Waals surface area contributed by atoms with Gasteiger partial charge in [0, 0.05) is 12.5 Å². The first kappa shape index (κ1) is 15.6. The quantitative estimate of drug-likeness (QED) is 0.328. The minimum Gasteiger partial charge on any atom is -0.371 e. The van der Waals surface area contributed by atoms with E-state index in [0.717, 1.165) is 6.42 Å². The summed E-state index contributed by atoms with van der Waals surface area (Å²) in [5.41, 5.74) is -0.257. The van der Waals surface area contributed by atoms with Crippen LogP contribution in [0.2, 0.25) is 0 Å².